The monoisotopic (exact) mass is 683 g/mol. The third-order valence-corrected chi connectivity index (χ3v) is 10.6. The van der Waals surface area contributed by atoms with Crippen LogP contribution in [0.1, 0.15) is 66.5 Å². The summed E-state index contributed by atoms with van der Waals surface area (Å²) >= 11 is 1.30. The second-order valence-corrected chi connectivity index (χ2v) is 15.1. The summed E-state index contributed by atoms with van der Waals surface area (Å²) in [5.41, 5.74) is -0.360. The highest BCUT2D eigenvalue weighted by Crippen LogP contribution is 2.44. The van der Waals surface area contributed by atoms with E-state index in [2.05, 4.69) is 36.1 Å². The number of hydrogen-bond donors (Lipinski definition) is 1. The number of methoxy groups -OCH3 is 3. The molecule has 15 heteroatoms. The summed E-state index contributed by atoms with van der Waals surface area (Å²) in [4.78, 5) is 33.8. The molecule has 0 radical (unpaired) electrons. The Labute approximate surface area is 269 Å². The Kier molecular flexibility index (Phi) is 10.4. The van der Waals surface area contributed by atoms with Crippen molar-refractivity contribution >= 4 is 38.1 Å². The maximum absolute atomic E-state index is 13.7. The van der Waals surface area contributed by atoms with Crippen LogP contribution in [0.15, 0.2) is 29.4 Å². The summed E-state index contributed by atoms with van der Waals surface area (Å²) in [7, 11) is -0.449. The predicted molar refractivity (Wildman–Crippen MR) is 166 cm³/mol. The van der Waals surface area contributed by atoms with Gasteiger partial charge in [-0.25, -0.2) is 23.2 Å². The van der Waals surface area contributed by atoms with E-state index in [-0.39, 0.29) is 35.3 Å². The summed E-state index contributed by atoms with van der Waals surface area (Å²) < 4.78 is 82.9. The van der Waals surface area contributed by atoms with Crippen LogP contribution in [0.2, 0.25) is 0 Å². The Morgan fingerprint density at radius 1 is 1.04 bits per heavy atom. The number of nitrogens with one attached hydrogen (secondary N) is 1. The Bertz CT molecular complexity index is 1730. The van der Waals surface area contributed by atoms with Crippen LogP contribution in [0, 0.1) is 11.3 Å². The molecule has 1 N–H and O–H groups in total. The lowest BCUT2D eigenvalue weighted by molar-refractivity contribution is -0.141. The van der Waals surface area contributed by atoms with Gasteiger partial charge in [-0.1, -0.05) is 20.8 Å². The van der Waals surface area contributed by atoms with Gasteiger partial charge in [-0.05, 0) is 66.8 Å². The van der Waals surface area contributed by atoms with Crippen molar-refractivity contribution in [3.8, 4) is 22.8 Å². The number of esters is 1. The van der Waals surface area contributed by atoms with Crippen molar-refractivity contribution in [2.24, 2.45) is 11.3 Å². The maximum atomic E-state index is 13.7. The highest BCUT2D eigenvalue weighted by atomic mass is 32.2. The Morgan fingerprint density at radius 2 is 1.74 bits per heavy atom. The number of halogens is 3. The van der Waals surface area contributed by atoms with Gasteiger partial charge in [-0.2, -0.15) is 13.2 Å². The molecule has 1 aromatic carbocycles. The molecule has 0 fully saturated rings. The molecule has 1 aliphatic rings. The zero-order valence-electron chi connectivity index (χ0n) is 26.3. The van der Waals surface area contributed by atoms with E-state index in [9.17, 15) is 31.2 Å². The number of rotatable bonds is 10. The molecule has 0 unspecified atom stereocenters. The summed E-state index contributed by atoms with van der Waals surface area (Å²) in [6.07, 6.45) is -3.17. The first-order valence-corrected chi connectivity index (χ1v) is 16.9. The molecule has 1 aliphatic carbocycles. The van der Waals surface area contributed by atoms with Gasteiger partial charge in [0.05, 0.1) is 38.3 Å². The van der Waals surface area contributed by atoms with Gasteiger partial charge in [0.15, 0.2) is 11.5 Å². The minimum atomic E-state index is -4.96. The second-order valence-electron chi connectivity index (χ2n) is 12.0. The first-order valence-electron chi connectivity index (χ1n) is 14.4. The molecule has 10 nitrogen and oxygen atoms in total. The largest absolute Gasteiger partial charge is 0.493 e. The smallest absolute Gasteiger partial charge is 0.433 e. The average molecular weight is 684 g/mol. The van der Waals surface area contributed by atoms with E-state index in [4.69, 9.17) is 14.2 Å². The zero-order chi connectivity index (χ0) is 34.0. The number of amides is 1. The number of carbonyl (C=O) groups is 2. The highest BCUT2D eigenvalue weighted by Gasteiger charge is 2.36. The molecular formula is C31H36F3N3O7S2. The minimum Gasteiger partial charge on any atom is -0.493 e. The molecule has 1 amide bonds. The molecule has 2 heterocycles. The summed E-state index contributed by atoms with van der Waals surface area (Å²) in [5, 5.41) is 2.04. The lowest BCUT2D eigenvalue weighted by Gasteiger charge is -2.33. The van der Waals surface area contributed by atoms with E-state index in [1.807, 2.05) is 0 Å². The number of carbonyl (C=O) groups excluding carboxylic acids is 2. The van der Waals surface area contributed by atoms with Crippen molar-refractivity contribution in [1.82, 2.24) is 9.97 Å². The molecule has 250 valence electrons. The van der Waals surface area contributed by atoms with Gasteiger partial charge in [0, 0.05) is 16.9 Å². The van der Waals surface area contributed by atoms with Crippen LogP contribution in [0.5, 0.6) is 11.5 Å². The van der Waals surface area contributed by atoms with E-state index in [1.54, 1.807) is 0 Å². The fourth-order valence-corrected chi connectivity index (χ4v) is 7.80. The van der Waals surface area contributed by atoms with Gasteiger partial charge in [0.25, 0.3) is 0 Å². The van der Waals surface area contributed by atoms with Crippen molar-refractivity contribution in [2.45, 2.75) is 64.2 Å². The average Bonchev–Trinajstić information content (AvgIpc) is 3.35. The maximum Gasteiger partial charge on any atom is 0.433 e. The van der Waals surface area contributed by atoms with Crippen molar-refractivity contribution < 1.29 is 45.4 Å². The molecule has 0 aliphatic heterocycles. The molecule has 4 rings (SSSR count). The van der Waals surface area contributed by atoms with E-state index >= 15 is 0 Å². The van der Waals surface area contributed by atoms with Crippen LogP contribution < -0.4 is 14.8 Å². The van der Waals surface area contributed by atoms with Gasteiger partial charge < -0.3 is 19.5 Å². The van der Waals surface area contributed by atoms with E-state index in [1.165, 1.54) is 50.9 Å². The lowest BCUT2D eigenvalue weighted by atomic mass is 9.72. The van der Waals surface area contributed by atoms with Crippen LogP contribution in [0.25, 0.3) is 11.3 Å². The quantitative estimate of drug-likeness (QED) is 0.191. The van der Waals surface area contributed by atoms with Crippen molar-refractivity contribution in [3.63, 3.8) is 0 Å². The number of thiophene rings is 1. The van der Waals surface area contributed by atoms with Crippen LogP contribution in [0.4, 0.5) is 18.2 Å². The van der Waals surface area contributed by atoms with Crippen LogP contribution in [-0.2, 0) is 38.4 Å². The summed E-state index contributed by atoms with van der Waals surface area (Å²) in [5.74, 6) is -0.899. The topological polar surface area (TPSA) is 134 Å². The van der Waals surface area contributed by atoms with Crippen LogP contribution >= 0.6 is 11.3 Å². The Hall–Kier alpha value is -3.72. The molecular weight excluding hydrogens is 647 g/mol. The third kappa shape index (κ3) is 7.80. The Balaban J connectivity index is 1.52. The van der Waals surface area contributed by atoms with Gasteiger partial charge in [0.1, 0.15) is 10.7 Å². The van der Waals surface area contributed by atoms with Crippen molar-refractivity contribution in [3.05, 3.63) is 46.0 Å². The molecule has 2 aromatic heterocycles. The Morgan fingerprint density at radius 3 is 2.35 bits per heavy atom. The number of aromatic nitrogens is 2. The number of anilines is 1. The minimum absolute atomic E-state index is 0.0631. The van der Waals surface area contributed by atoms with Gasteiger partial charge in [0.2, 0.25) is 20.9 Å². The molecule has 3 aromatic rings. The second kappa shape index (κ2) is 13.6. The molecule has 0 saturated heterocycles. The first-order chi connectivity index (χ1) is 21.5. The number of ether oxygens (including phenoxy) is 3. The zero-order valence-corrected chi connectivity index (χ0v) is 28.0. The molecule has 0 spiro atoms. The predicted octanol–water partition coefficient (Wildman–Crippen LogP) is 6.37. The number of fused-ring (bicyclic) bond motifs is 1. The van der Waals surface area contributed by atoms with Crippen LogP contribution in [-0.4, -0.2) is 57.3 Å². The SMILES string of the molecule is COC(=O)c1c(NC(=O)CCCS(=O)(=O)c2nc(-c3ccc(OC)c(OC)c3)cc(C(F)(F)F)n2)sc2c1CC[C@H](C(C)(C)C)C2. The molecule has 1 atom stereocenters. The van der Waals surface area contributed by atoms with Crippen molar-refractivity contribution in [2.75, 3.05) is 32.4 Å². The molecule has 0 saturated carbocycles. The van der Waals surface area contributed by atoms with E-state index < -0.39 is 44.5 Å². The number of alkyl halides is 3. The third-order valence-electron chi connectivity index (χ3n) is 7.90. The standard InChI is InChI=1S/C31H36F3N3O7S2/c1-30(2,3)18-10-11-19-23(15-18)45-27(26(19)28(39)44-6)37-25(38)8-7-13-46(40,41)29-35-20(16-24(36-29)31(32,33)34)17-9-12-21(42-4)22(14-17)43-5/h9,12,14,16,18H,7-8,10-11,13,15H2,1-6H3,(H,37,38)/t18-/m0/s1. The number of benzene rings is 1. The highest BCUT2D eigenvalue weighted by molar-refractivity contribution is 7.91. The molecule has 46 heavy (non-hydrogen) atoms. The molecule has 0 bridgehead atoms. The fraction of sp³-hybridized carbons (Fsp3) is 0.484. The van der Waals surface area contributed by atoms with E-state index in [0.717, 1.165) is 23.3 Å². The van der Waals surface area contributed by atoms with E-state index in [0.29, 0.717) is 34.7 Å². The first kappa shape index (κ1) is 35.1. The number of nitrogens with zero attached hydrogens (tertiary/aromatic N) is 2. The number of hydrogen-bond acceptors (Lipinski definition) is 10. The van der Waals surface area contributed by atoms with Crippen molar-refractivity contribution in [1.29, 1.82) is 0 Å². The van der Waals surface area contributed by atoms with Gasteiger partial charge in [-0.3, -0.25) is 4.79 Å². The summed E-state index contributed by atoms with van der Waals surface area (Å²) in [6, 6.07) is 4.89. The van der Waals surface area contributed by atoms with Gasteiger partial charge >= 0.3 is 12.1 Å². The lowest BCUT2D eigenvalue weighted by Crippen LogP contribution is -2.26. The van der Waals surface area contributed by atoms with Gasteiger partial charge in [-0.15, -0.1) is 11.3 Å². The normalized spacial score (nSPS) is 15.2. The summed E-state index contributed by atoms with van der Waals surface area (Å²) in [6.45, 7) is 6.49. The number of sulfone groups is 1. The fourth-order valence-electron chi connectivity index (χ4n) is 5.29. The van der Waals surface area contributed by atoms with Crippen LogP contribution in [0.3, 0.4) is 0 Å².